The van der Waals surface area contributed by atoms with E-state index in [4.69, 9.17) is 11.6 Å². The first-order valence-electron chi connectivity index (χ1n) is 5.22. The molecule has 0 bridgehead atoms. The van der Waals surface area contributed by atoms with Crippen LogP contribution in [-0.4, -0.2) is 14.5 Å². The Bertz CT molecular complexity index is 674. The summed E-state index contributed by atoms with van der Waals surface area (Å²) in [6.45, 7) is 4.00. The molecule has 0 aliphatic carbocycles. The molecule has 0 radical (unpaired) electrons. The number of thiophene rings is 1. The molecule has 3 nitrogen and oxygen atoms in total. The quantitative estimate of drug-likeness (QED) is 0.579. The van der Waals surface area contributed by atoms with E-state index >= 15 is 0 Å². The Hall–Kier alpha value is -1.20. The number of rotatable bonds is 0. The molecule has 17 heavy (non-hydrogen) atoms. The normalized spacial score (nSPS) is 10.6. The van der Waals surface area contributed by atoms with Crippen LogP contribution in [0.1, 0.15) is 13.8 Å². The van der Waals surface area contributed by atoms with Gasteiger partial charge in [-0.25, -0.2) is 9.97 Å². The highest BCUT2D eigenvalue weighted by Crippen LogP contribution is 2.32. The number of hydrogen-bond donors (Lipinski definition) is 0. The molecule has 3 aromatic rings. The Morgan fingerprint density at radius 1 is 1.41 bits per heavy atom. The number of aryl methyl sites for hydroxylation is 1. The van der Waals surface area contributed by atoms with Crippen LogP contribution in [0.15, 0.2) is 12.4 Å². The number of nitrogens with zero attached hydrogens (tertiary/aromatic N) is 3. The monoisotopic (exact) mass is 271 g/mol. The highest BCUT2D eigenvalue weighted by molar-refractivity contribution is 7.18. The summed E-state index contributed by atoms with van der Waals surface area (Å²) < 4.78 is 15.7. The molecule has 0 aromatic carbocycles. The minimum Gasteiger partial charge on any atom is -0.332 e. The Balaban J connectivity index is 0.000000514. The van der Waals surface area contributed by atoms with Crippen molar-refractivity contribution in [1.29, 1.82) is 0 Å². The molecular weight excluding hydrogens is 261 g/mol. The second-order valence-electron chi connectivity index (χ2n) is 3.22. The van der Waals surface area contributed by atoms with Gasteiger partial charge in [0.25, 0.3) is 0 Å². The predicted octanol–water partition coefficient (Wildman–Crippen LogP) is 4.00. The minimum atomic E-state index is -0.262. The van der Waals surface area contributed by atoms with Crippen molar-refractivity contribution in [2.24, 2.45) is 7.05 Å². The number of pyridine rings is 1. The van der Waals surface area contributed by atoms with E-state index in [1.807, 2.05) is 25.5 Å². The Morgan fingerprint density at radius 3 is 2.82 bits per heavy atom. The summed E-state index contributed by atoms with van der Waals surface area (Å²) in [5.74, 6) is 0. The summed E-state index contributed by atoms with van der Waals surface area (Å²) in [4.78, 5) is 8.23. The third-order valence-corrected chi connectivity index (χ3v) is 3.43. The molecular formula is C11H11ClFN3S. The van der Waals surface area contributed by atoms with Gasteiger partial charge in [0.1, 0.15) is 5.52 Å². The number of fused-ring (bicyclic) bond motifs is 3. The second-order valence-corrected chi connectivity index (χ2v) is 4.58. The molecule has 0 aliphatic rings. The number of aromatic nitrogens is 3. The van der Waals surface area contributed by atoms with E-state index in [9.17, 15) is 4.39 Å². The third-order valence-electron chi connectivity index (χ3n) is 2.25. The largest absolute Gasteiger partial charge is 0.332 e. The van der Waals surface area contributed by atoms with Crippen molar-refractivity contribution < 1.29 is 4.39 Å². The van der Waals surface area contributed by atoms with E-state index in [1.165, 1.54) is 6.07 Å². The van der Waals surface area contributed by atoms with Crippen LogP contribution in [0.4, 0.5) is 4.39 Å². The lowest BCUT2D eigenvalue weighted by Gasteiger charge is -1.97. The van der Waals surface area contributed by atoms with Gasteiger partial charge in [0.15, 0.2) is 10.3 Å². The van der Waals surface area contributed by atoms with Crippen molar-refractivity contribution in [3.8, 4) is 0 Å². The second kappa shape index (κ2) is 4.58. The van der Waals surface area contributed by atoms with Gasteiger partial charge in [-0.2, -0.15) is 4.39 Å². The summed E-state index contributed by atoms with van der Waals surface area (Å²) in [6, 6.07) is 1.39. The molecule has 0 aliphatic heterocycles. The number of hydrogen-bond acceptors (Lipinski definition) is 3. The number of halogens is 2. The van der Waals surface area contributed by atoms with Gasteiger partial charge in [0, 0.05) is 13.1 Å². The minimum absolute atomic E-state index is 0.262. The molecule has 0 spiro atoms. The maximum Gasteiger partial charge on any atom is 0.179 e. The van der Waals surface area contributed by atoms with Gasteiger partial charge < -0.3 is 4.57 Å². The average molecular weight is 272 g/mol. The summed E-state index contributed by atoms with van der Waals surface area (Å²) >= 11 is 7.01. The van der Waals surface area contributed by atoms with Crippen molar-refractivity contribution >= 4 is 44.2 Å². The van der Waals surface area contributed by atoms with Gasteiger partial charge in [0.05, 0.1) is 22.1 Å². The fourth-order valence-corrected chi connectivity index (χ4v) is 2.75. The van der Waals surface area contributed by atoms with Crippen LogP contribution in [0.25, 0.3) is 21.3 Å². The van der Waals surface area contributed by atoms with E-state index < -0.39 is 0 Å². The van der Waals surface area contributed by atoms with Gasteiger partial charge in [-0.05, 0) is 0 Å². The molecule has 0 saturated heterocycles. The first-order chi connectivity index (χ1) is 8.16. The molecule has 0 unspecified atom stereocenters. The zero-order valence-corrected chi connectivity index (χ0v) is 11.2. The maximum atomic E-state index is 13.1. The Labute approximate surface area is 107 Å². The van der Waals surface area contributed by atoms with Crippen LogP contribution in [0, 0.1) is 5.13 Å². The topological polar surface area (TPSA) is 30.7 Å². The fraction of sp³-hybridized carbons (Fsp3) is 0.273. The van der Waals surface area contributed by atoms with Crippen molar-refractivity contribution in [2.75, 3.05) is 0 Å². The maximum absolute atomic E-state index is 13.1. The van der Waals surface area contributed by atoms with Gasteiger partial charge in [0.2, 0.25) is 0 Å². The Kier molecular flexibility index (Phi) is 3.31. The third kappa shape index (κ3) is 1.89. The van der Waals surface area contributed by atoms with Crippen LogP contribution in [0.2, 0.25) is 5.15 Å². The molecule has 0 N–H and O–H groups in total. The van der Waals surface area contributed by atoms with E-state index in [0.717, 1.165) is 21.6 Å². The number of imidazole rings is 1. The van der Waals surface area contributed by atoms with Crippen LogP contribution in [0.5, 0.6) is 0 Å². The van der Waals surface area contributed by atoms with E-state index in [2.05, 4.69) is 9.97 Å². The van der Waals surface area contributed by atoms with Crippen molar-refractivity contribution in [3.05, 3.63) is 22.7 Å². The molecule has 0 saturated carbocycles. The molecule has 3 rings (SSSR count). The van der Waals surface area contributed by atoms with Crippen LogP contribution in [0.3, 0.4) is 0 Å². The molecule has 90 valence electrons. The van der Waals surface area contributed by atoms with Crippen LogP contribution < -0.4 is 0 Å². The lowest BCUT2D eigenvalue weighted by molar-refractivity contribution is 0.658. The highest BCUT2D eigenvalue weighted by atomic mass is 35.5. The zero-order chi connectivity index (χ0) is 12.6. The SMILES string of the molecule is CC.Cn1cnc2c(Cl)nc3cc(F)sc3c21. The average Bonchev–Trinajstić information content (AvgIpc) is 2.85. The van der Waals surface area contributed by atoms with Gasteiger partial charge in [-0.3, -0.25) is 0 Å². The lowest BCUT2D eigenvalue weighted by atomic mass is 10.3. The van der Waals surface area contributed by atoms with Gasteiger partial charge in [-0.15, -0.1) is 11.3 Å². The van der Waals surface area contributed by atoms with Gasteiger partial charge in [-0.1, -0.05) is 25.4 Å². The smallest absolute Gasteiger partial charge is 0.179 e. The first kappa shape index (κ1) is 12.3. The summed E-state index contributed by atoms with van der Waals surface area (Å²) in [6.07, 6.45) is 1.65. The first-order valence-corrected chi connectivity index (χ1v) is 6.42. The van der Waals surface area contributed by atoms with Crippen LogP contribution in [-0.2, 0) is 7.05 Å². The predicted molar refractivity (Wildman–Crippen MR) is 70.2 cm³/mol. The molecule has 0 atom stereocenters. The van der Waals surface area contributed by atoms with Crippen molar-refractivity contribution in [2.45, 2.75) is 13.8 Å². The van der Waals surface area contributed by atoms with E-state index in [0.29, 0.717) is 16.2 Å². The highest BCUT2D eigenvalue weighted by Gasteiger charge is 2.13. The summed E-state index contributed by atoms with van der Waals surface area (Å²) in [7, 11) is 1.85. The molecule has 6 heteroatoms. The van der Waals surface area contributed by atoms with Crippen LogP contribution >= 0.6 is 22.9 Å². The van der Waals surface area contributed by atoms with Crippen molar-refractivity contribution in [1.82, 2.24) is 14.5 Å². The Morgan fingerprint density at radius 2 is 2.12 bits per heavy atom. The van der Waals surface area contributed by atoms with E-state index in [1.54, 1.807) is 6.33 Å². The summed E-state index contributed by atoms with van der Waals surface area (Å²) in [5, 5.41) is 0.0539. The fourth-order valence-electron chi connectivity index (χ4n) is 1.61. The van der Waals surface area contributed by atoms with Crippen molar-refractivity contribution in [3.63, 3.8) is 0 Å². The molecule has 3 aromatic heterocycles. The molecule has 0 amide bonds. The van der Waals surface area contributed by atoms with Gasteiger partial charge >= 0.3 is 0 Å². The van der Waals surface area contributed by atoms with E-state index in [-0.39, 0.29) is 5.13 Å². The lowest BCUT2D eigenvalue weighted by Crippen LogP contribution is -1.85. The zero-order valence-electron chi connectivity index (χ0n) is 9.66. The molecule has 0 fully saturated rings. The molecule has 3 heterocycles. The summed E-state index contributed by atoms with van der Waals surface area (Å²) in [5.41, 5.74) is 2.03. The standard InChI is InChI=1S/C9H5ClFN3S.C2H6/c1-14-3-12-6-7(14)8-4(13-9(6)10)2-5(11)15-8;1-2/h2-3H,1H3;1-2H3.